The lowest BCUT2D eigenvalue weighted by atomic mass is 9.85. The van der Waals surface area contributed by atoms with Crippen LogP contribution in [0, 0.1) is 6.92 Å². The smallest absolute Gasteiger partial charge is 0.304 e. The Kier molecular flexibility index (Phi) is 5.25. The van der Waals surface area contributed by atoms with Crippen molar-refractivity contribution >= 4 is 28.6 Å². The Balaban J connectivity index is 2.15. The number of carboxylic acids is 1. The van der Waals surface area contributed by atoms with E-state index in [1.165, 1.54) is 0 Å². The lowest BCUT2D eigenvalue weighted by Crippen LogP contribution is -2.10. The van der Waals surface area contributed by atoms with Crippen LogP contribution in [-0.4, -0.2) is 31.2 Å². The maximum atomic E-state index is 11.5. The topological polar surface area (TPSA) is 88.2 Å². The van der Waals surface area contributed by atoms with Crippen LogP contribution in [0.5, 0.6) is 0 Å². The van der Waals surface area contributed by atoms with Gasteiger partial charge in [0.25, 0.3) is 0 Å². The van der Waals surface area contributed by atoms with E-state index in [1.807, 2.05) is 36.7 Å². The number of halogens is 1. The Hall–Kier alpha value is -2.44. The van der Waals surface area contributed by atoms with Gasteiger partial charge in [0.15, 0.2) is 0 Å². The van der Waals surface area contributed by atoms with E-state index in [1.54, 1.807) is 12.1 Å². The molecular weight excluding hydrogens is 354 g/mol. The van der Waals surface area contributed by atoms with E-state index in [0.29, 0.717) is 17.1 Å². The van der Waals surface area contributed by atoms with Crippen LogP contribution in [0.15, 0.2) is 30.3 Å². The van der Waals surface area contributed by atoms with Gasteiger partial charge >= 0.3 is 5.97 Å². The number of carbonyl (C=O) groups is 1. The molecule has 0 saturated carbocycles. The molecule has 0 aliphatic carbocycles. The monoisotopic (exact) mass is 373 g/mol. The van der Waals surface area contributed by atoms with E-state index >= 15 is 0 Å². The summed E-state index contributed by atoms with van der Waals surface area (Å²) in [5, 5.41) is 27.8. The second-order valence-electron chi connectivity index (χ2n) is 6.21. The fourth-order valence-electron chi connectivity index (χ4n) is 3.31. The normalized spacial score (nSPS) is 12.5. The number of hydrogen-bond acceptors (Lipinski definition) is 4. The van der Waals surface area contributed by atoms with Gasteiger partial charge in [-0.1, -0.05) is 35.0 Å². The first-order valence-electron chi connectivity index (χ1n) is 8.39. The molecule has 26 heavy (non-hydrogen) atoms. The van der Waals surface area contributed by atoms with Crippen LogP contribution < -0.4 is 0 Å². The van der Waals surface area contributed by atoms with E-state index in [4.69, 9.17) is 11.6 Å². The van der Waals surface area contributed by atoms with E-state index < -0.39 is 5.97 Å². The van der Waals surface area contributed by atoms with Gasteiger partial charge in [0.2, 0.25) is 0 Å². The number of aryl methyl sites for hydroxylation is 2. The summed E-state index contributed by atoms with van der Waals surface area (Å²) in [7, 11) is 0. The lowest BCUT2D eigenvalue weighted by Gasteiger charge is -2.19. The van der Waals surface area contributed by atoms with E-state index in [2.05, 4.69) is 10.3 Å². The minimum absolute atomic E-state index is 0.0687. The van der Waals surface area contributed by atoms with Crippen molar-refractivity contribution in [1.82, 2.24) is 15.0 Å². The molecule has 1 aromatic heterocycles. The van der Waals surface area contributed by atoms with Crippen molar-refractivity contribution in [1.29, 1.82) is 0 Å². The third-order valence-electron chi connectivity index (χ3n) is 4.68. The van der Waals surface area contributed by atoms with Crippen LogP contribution in [0.4, 0.5) is 0 Å². The molecule has 136 valence electrons. The van der Waals surface area contributed by atoms with Crippen molar-refractivity contribution in [2.45, 2.75) is 39.3 Å². The van der Waals surface area contributed by atoms with Crippen molar-refractivity contribution in [3.05, 3.63) is 57.6 Å². The average Bonchev–Trinajstić information content (AvgIpc) is 3.05. The summed E-state index contributed by atoms with van der Waals surface area (Å²) in [6.07, 6.45) is -0.0687. The number of fused-ring (bicyclic) bond motifs is 1. The predicted octanol–water partition coefficient (Wildman–Crippen LogP) is 3.51. The van der Waals surface area contributed by atoms with Crippen LogP contribution in [0.3, 0.4) is 0 Å². The molecule has 1 heterocycles. The first-order valence-corrected chi connectivity index (χ1v) is 8.77. The number of nitrogens with zero attached hydrogens (tertiary/aromatic N) is 3. The Labute approximate surface area is 156 Å². The molecule has 3 aromatic rings. The number of benzene rings is 2. The molecule has 0 aliphatic heterocycles. The van der Waals surface area contributed by atoms with E-state index in [0.717, 1.165) is 27.7 Å². The van der Waals surface area contributed by atoms with Crippen molar-refractivity contribution < 1.29 is 15.0 Å². The molecule has 0 fully saturated rings. The number of rotatable bonds is 6. The van der Waals surface area contributed by atoms with Crippen LogP contribution >= 0.6 is 11.6 Å². The third-order valence-corrected chi connectivity index (χ3v) is 5.05. The van der Waals surface area contributed by atoms with Crippen LogP contribution in [0.1, 0.15) is 41.5 Å². The molecule has 1 atom stereocenters. The molecule has 1 unspecified atom stereocenters. The van der Waals surface area contributed by atoms with Gasteiger partial charge in [-0.05, 0) is 48.2 Å². The number of carboxylic acid groups (broad SMARTS) is 1. The first kappa shape index (κ1) is 18.4. The predicted molar refractivity (Wildman–Crippen MR) is 99.4 cm³/mol. The van der Waals surface area contributed by atoms with Crippen molar-refractivity contribution in [3.8, 4) is 0 Å². The molecule has 2 N–H and O–H groups in total. The quantitative estimate of drug-likeness (QED) is 0.690. The standard InChI is InChI=1S/C19H20ClN3O3/c1-3-23-17-7-5-14(11(2)19(17)21-22-23)15(9-18(25)26)12-4-6-16(20)13(8-12)10-24/h4-8,15,24H,3,9-10H2,1-2H3,(H,25,26). The lowest BCUT2D eigenvalue weighted by molar-refractivity contribution is -0.137. The molecule has 0 aliphatic rings. The summed E-state index contributed by atoms with van der Waals surface area (Å²) < 4.78 is 1.81. The number of aromatic nitrogens is 3. The van der Waals surface area contributed by atoms with Crippen LogP contribution in [0.25, 0.3) is 11.0 Å². The Morgan fingerprint density at radius 1 is 1.31 bits per heavy atom. The van der Waals surface area contributed by atoms with Crippen molar-refractivity contribution in [3.63, 3.8) is 0 Å². The minimum Gasteiger partial charge on any atom is -0.481 e. The van der Waals surface area contributed by atoms with E-state index in [9.17, 15) is 15.0 Å². The van der Waals surface area contributed by atoms with Gasteiger partial charge in [-0.2, -0.15) is 0 Å². The summed E-state index contributed by atoms with van der Waals surface area (Å²) in [5.74, 6) is -1.27. The van der Waals surface area contributed by atoms with Gasteiger partial charge in [0.05, 0.1) is 18.5 Å². The van der Waals surface area contributed by atoms with E-state index in [-0.39, 0.29) is 18.9 Å². The highest BCUT2D eigenvalue weighted by atomic mass is 35.5. The number of hydrogen-bond donors (Lipinski definition) is 2. The molecule has 0 amide bonds. The molecular formula is C19H20ClN3O3. The van der Waals surface area contributed by atoms with Gasteiger partial charge in [-0.15, -0.1) is 5.10 Å². The Morgan fingerprint density at radius 2 is 2.08 bits per heavy atom. The molecule has 0 saturated heterocycles. The maximum Gasteiger partial charge on any atom is 0.304 e. The zero-order valence-corrected chi connectivity index (χ0v) is 15.4. The molecule has 2 aromatic carbocycles. The Bertz CT molecular complexity index is 968. The van der Waals surface area contributed by atoms with Gasteiger partial charge in [-0.25, -0.2) is 4.68 Å². The minimum atomic E-state index is -0.896. The molecule has 0 bridgehead atoms. The van der Waals surface area contributed by atoms with Crippen molar-refractivity contribution in [2.24, 2.45) is 0 Å². The van der Waals surface area contributed by atoms with Gasteiger partial charge in [0.1, 0.15) is 5.52 Å². The van der Waals surface area contributed by atoms with Crippen molar-refractivity contribution in [2.75, 3.05) is 0 Å². The maximum absolute atomic E-state index is 11.5. The summed E-state index contributed by atoms with van der Waals surface area (Å²) in [6, 6.07) is 9.13. The molecule has 3 rings (SSSR count). The average molecular weight is 374 g/mol. The second kappa shape index (κ2) is 7.43. The summed E-state index contributed by atoms with van der Waals surface area (Å²) in [6.45, 7) is 4.44. The highest BCUT2D eigenvalue weighted by molar-refractivity contribution is 6.31. The molecule has 0 spiro atoms. The summed E-state index contributed by atoms with van der Waals surface area (Å²) >= 11 is 6.08. The summed E-state index contributed by atoms with van der Waals surface area (Å²) in [4.78, 5) is 11.5. The highest BCUT2D eigenvalue weighted by Gasteiger charge is 2.22. The van der Waals surface area contributed by atoms with Gasteiger partial charge in [0, 0.05) is 17.5 Å². The molecule has 6 nitrogen and oxygen atoms in total. The van der Waals surface area contributed by atoms with Gasteiger partial charge in [-0.3, -0.25) is 4.79 Å². The van der Waals surface area contributed by atoms with Crippen LogP contribution in [-0.2, 0) is 17.9 Å². The fraction of sp³-hybridized carbons (Fsp3) is 0.316. The molecule has 0 radical (unpaired) electrons. The van der Waals surface area contributed by atoms with Crippen LogP contribution in [0.2, 0.25) is 5.02 Å². The Morgan fingerprint density at radius 3 is 2.73 bits per heavy atom. The number of aliphatic carboxylic acids is 1. The highest BCUT2D eigenvalue weighted by Crippen LogP contribution is 2.34. The third kappa shape index (κ3) is 3.30. The largest absolute Gasteiger partial charge is 0.481 e. The first-order chi connectivity index (χ1) is 12.5. The summed E-state index contributed by atoms with van der Waals surface area (Å²) in [5.41, 5.74) is 4.87. The second-order valence-corrected chi connectivity index (χ2v) is 6.62. The number of aliphatic hydroxyl groups is 1. The zero-order chi connectivity index (χ0) is 18.8. The molecule has 7 heteroatoms. The van der Waals surface area contributed by atoms with Gasteiger partial charge < -0.3 is 10.2 Å². The fourth-order valence-corrected chi connectivity index (χ4v) is 3.49. The number of aliphatic hydroxyl groups excluding tert-OH is 1. The zero-order valence-electron chi connectivity index (χ0n) is 14.6. The SMILES string of the molecule is CCn1nnc2c(C)c(C(CC(=O)O)c3ccc(Cl)c(CO)c3)ccc21.